The van der Waals surface area contributed by atoms with Gasteiger partial charge in [-0.2, -0.15) is 0 Å². The monoisotopic (exact) mass is 300 g/mol. The van der Waals surface area contributed by atoms with Gasteiger partial charge in [0.2, 0.25) is 0 Å². The summed E-state index contributed by atoms with van der Waals surface area (Å²) in [5, 5.41) is 2.88. The highest BCUT2D eigenvalue weighted by Gasteiger charge is 2.17. The first-order valence-corrected chi connectivity index (χ1v) is 6.95. The fourth-order valence-corrected chi connectivity index (χ4v) is 2.26. The van der Waals surface area contributed by atoms with Crippen molar-refractivity contribution in [2.24, 2.45) is 5.73 Å². The Morgan fingerprint density at radius 3 is 2.45 bits per heavy atom. The van der Waals surface area contributed by atoms with Crippen LogP contribution in [-0.4, -0.2) is 20.1 Å². The Labute approximate surface area is 130 Å². The molecule has 0 saturated carbocycles. The molecule has 1 unspecified atom stereocenters. The van der Waals surface area contributed by atoms with Gasteiger partial charge in [0.1, 0.15) is 0 Å². The van der Waals surface area contributed by atoms with Gasteiger partial charge >= 0.3 is 0 Å². The van der Waals surface area contributed by atoms with Crippen LogP contribution in [0.5, 0.6) is 11.5 Å². The zero-order valence-corrected chi connectivity index (χ0v) is 12.9. The van der Waals surface area contributed by atoms with E-state index in [1.165, 1.54) is 14.2 Å². The third-order valence-electron chi connectivity index (χ3n) is 3.35. The molecule has 0 spiro atoms. The molecule has 0 saturated heterocycles. The molecule has 2 aromatic carbocycles. The molecule has 5 nitrogen and oxygen atoms in total. The lowest BCUT2D eigenvalue weighted by Gasteiger charge is -2.15. The molecule has 116 valence electrons. The Hall–Kier alpha value is -2.53. The smallest absolute Gasteiger partial charge is 0.259 e. The van der Waals surface area contributed by atoms with Crippen LogP contribution in [0.15, 0.2) is 42.5 Å². The minimum atomic E-state index is -0.274. The Bertz CT molecular complexity index is 669. The van der Waals surface area contributed by atoms with Gasteiger partial charge in [0.05, 0.1) is 19.8 Å². The number of carbonyl (C=O) groups is 1. The molecule has 5 heteroatoms. The molecular formula is C17H20N2O3. The minimum absolute atomic E-state index is 0.177. The number of carbonyl (C=O) groups excluding carboxylic acids is 1. The lowest BCUT2D eigenvalue weighted by molar-refractivity contribution is 0.102. The summed E-state index contributed by atoms with van der Waals surface area (Å²) in [6, 6.07) is 12.4. The topological polar surface area (TPSA) is 73.6 Å². The van der Waals surface area contributed by atoms with Crippen LogP contribution in [0.25, 0.3) is 0 Å². The number of para-hydroxylation sites is 2. The predicted molar refractivity (Wildman–Crippen MR) is 86.5 cm³/mol. The standard InChI is InChI=1S/C17H20N2O3/c1-11(18)12-7-4-5-9-14(12)19-17(20)13-8-6-10-15(21-2)16(13)22-3/h4-11H,18H2,1-3H3,(H,19,20). The van der Waals surface area contributed by atoms with E-state index in [9.17, 15) is 4.79 Å². The van der Waals surface area contributed by atoms with E-state index in [0.717, 1.165) is 5.56 Å². The lowest BCUT2D eigenvalue weighted by Crippen LogP contribution is -2.16. The Morgan fingerprint density at radius 1 is 1.09 bits per heavy atom. The molecule has 3 N–H and O–H groups in total. The van der Waals surface area contributed by atoms with E-state index in [1.807, 2.05) is 31.2 Å². The molecule has 1 amide bonds. The first-order valence-electron chi connectivity index (χ1n) is 6.95. The maximum atomic E-state index is 12.5. The van der Waals surface area contributed by atoms with E-state index in [4.69, 9.17) is 15.2 Å². The van der Waals surface area contributed by atoms with Crippen molar-refractivity contribution in [1.82, 2.24) is 0 Å². The number of anilines is 1. The third kappa shape index (κ3) is 3.20. The lowest BCUT2D eigenvalue weighted by atomic mass is 10.1. The fraction of sp³-hybridized carbons (Fsp3) is 0.235. The molecule has 0 aliphatic carbocycles. The van der Waals surface area contributed by atoms with Crippen molar-refractivity contribution in [3.63, 3.8) is 0 Å². The van der Waals surface area contributed by atoms with Gasteiger partial charge in [0, 0.05) is 11.7 Å². The van der Waals surface area contributed by atoms with Crippen molar-refractivity contribution in [1.29, 1.82) is 0 Å². The van der Waals surface area contributed by atoms with E-state index < -0.39 is 0 Å². The van der Waals surface area contributed by atoms with Crippen LogP contribution < -0.4 is 20.5 Å². The number of hydrogen-bond donors (Lipinski definition) is 2. The highest BCUT2D eigenvalue weighted by Crippen LogP contribution is 2.31. The first kappa shape index (κ1) is 15.9. The molecule has 22 heavy (non-hydrogen) atoms. The summed E-state index contributed by atoms with van der Waals surface area (Å²) in [5.74, 6) is 0.639. The maximum Gasteiger partial charge on any atom is 0.259 e. The zero-order valence-electron chi connectivity index (χ0n) is 12.9. The molecule has 0 aromatic heterocycles. The maximum absolute atomic E-state index is 12.5. The largest absolute Gasteiger partial charge is 0.493 e. The molecule has 0 heterocycles. The van der Waals surface area contributed by atoms with Crippen LogP contribution in [-0.2, 0) is 0 Å². The van der Waals surface area contributed by atoms with Crippen LogP contribution in [0.4, 0.5) is 5.69 Å². The summed E-state index contributed by atoms with van der Waals surface area (Å²) in [6.07, 6.45) is 0. The number of amides is 1. The summed E-state index contributed by atoms with van der Waals surface area (Å²) < 4.78 is 10.5. The Morgan fingerprint density at radius 2 is 1.82 bits per heavy atom. The van der Waals surface area contributed by atoms with E-state index in [0.29, 0.717) is 22.7 Å². The average Bonchev–Trinajstić information content (AvgIpc) is 2.54. The van der Waals surface area contributed by atoms with Crippen LogP contribution >= 0.6 is 0 Å². The van der Waals surface area contributed by atoms with Crippen LogP contribution in [0.1, 0.15) is 28.9 Å². The highest BCUT2D eigenvalue weighted by atomic mass is 16.5. The molecule has 2 aromatic rings. The molecular weight excluding hydrogens is 280 g/mol. The number of nitrogens with one attached hydrogen (secondary N) is 1. The van der Waals surface area contributed by atoms with Gasteiger partial charge in [0.15, 0.2) is 11.5 Å². The second kappa shape index (κ2) is 6.95. The number of nitrogens with two attached hydrogens (primary N) is 1. The predicted octanol–water partition coefficient (Wildman–Crippen LogP) is 2.98. The van der Waals surface area contributed by atoms with Gasteiger partial charge in [0.25, 0.3) is 5.91 Å². The SMILES string of the molecule is COc1cccc(C(=O)Nc2ccccc2C(C)N)c1OC. The molecule has 0 bridgehead atoms. The minimum Gasteiger partial charge on any atom is -0.493 e. The molecule has 0 radical (unpaired) electrons. The second-order valence-corrected chi connectivity index (χ2v) is 4.87. The zero-order chi connectivity index (χ0) is 16.1. The van der Waals surface area contributed by atoms with Gasteiger partial charge in [-0.05, 0) is 30.7 Å². The van der Waals surface area contributed by atoms with E-state index in [-0.39, 0.29) is 11.9 Å². The summed E-state index contributed by atoms with van der Waals surface area (Å²) in [5.41, 5.74) is 7.90. The summed E-state index contributed by atoms with van der Waals surface area (Å²) in [6.45, 7) is 1.87. The highest BCUT2D eigenvalue weighted by molar-refractivity contribution is 6.07. The number of methoxy groups -OCH3 is 2. The van der Waals surface area contributed by atoms with Gasteiger partial charge in [-0.15, -0.1) is 0 Å². The van der Waals surface area contributed by atoms with E-state index in [1.54, 1.807) is 18.2 Å². The van der Waals surface area contributed by atoms with Crippen molar-refractivity contribution in [2.45, 2.75) is 13.0 Å². The number of rotatable bonds is 5. The Kier molecular flexibility index (Phi) is 5.01. The van der Waals surface area contributed by atoms with Gasteiger partial charge in [-0.3, -0.25) is 4.79 Å². The van der Waals surface area contributed by atoms with E-state index in [2.05, 4.69) is 5.32 Å². The fourth-order valence-electron chi connectivity index (χ4n) is 2.26. The molecule has 1 atom stereocenters. The summed E-state index contributed by atoms with van der Waals surface area (Å²) >= 11 is 0. The van der Waals surface area contributed by atoms with Crippen molar-refractivity contribution < 1.29 is 14.3 Å². The van der Waals surface area contributed by atoms with Crippen LogP contribution in [0.2, 0.25) is 0 Å². The number of benzene rings is 2. The first-order chi connectivity index (χ1) is 10.6. The average molecular weight is 300 g/mol. The van der Waals surface area contributed by atoms with Crippen molar-refractivity contribution in [2.75, 3.05) is 19.5 Å². The molecule has 0 aliphatic heterocycles. The van der Waals surface area contributed by atoms with Gasteiger partial charge in [-0.1, -0.05) is 24.3 Å². The van der Waals surface area contributed by atoms with Crippen molar-refractivity contribution >= 4 is 11.6 Å². The van der Waals surface area contributed by atoms with Crippen LogP contribution in [0.3, 0.4) is 0 Å². The normalized spacial score (nSPS) is 11.6. The summed E-state index contributed by atoms with van der Waals surface area (Å²) in [7, 11) is 3.04. The third-order valence-corrected chi connectivity index (χ3v) is 3.35. The molecule has 0 fully saturated rings. The van der Waals surface area contributed by atoms with Crippen molar-refractivity contribution in [3.8, 4) is 11.5 Å². The molecule has 2 rings (SSSR count). The van der Waals surface area contributed by atoms with Gasteiger partial charge in [-0.25, -0.2) is 0 Å². The number of ether oxygens (including phenoxy) is 2. The Balaban J connectivity index is 2.35. The number of hydrogen-bond acceptors (Lipinski definition) is 4. The quantitative estimate of drug-likeness (QED) is 0.890. The van der Waals surface area contributed by atoms with Crippen molar-refractivity contribution in [3.05, 3.63) is 53.6 Å². The van der Waals surface area contributed by atoms with E-state index >= 15 is 0 Å². The molecule has 0 aliphatic rings. The van der Waals surface area contributed by atoms with Gasteiger partial charge < -0.3 is 20.5 Å². The van der Waals surface area contributed by atoms with Crippen LogP contribution in [0, 0.1) is 0 Å². The summed E-state index contributed by atoms with van der Waals surface area (Å²) in [4.78, 5) is 12.5. The second-order valence-electron chi connectivity index (χ2n) is 4.87.